The molecule has 2 aromatic carbocycles. The lowest BCUT2D eigenvalue weighted by molar-refractivity contribution is 0.0940. The van der Waals surface area contributed by atoms with Crippen molar-refractivity contribution in [1.29, 1.82) is 0 Å². The number of benzene rings is 2. The molecule has 0 fully saturated rings. The first-order valence-electron chi connectivity index (χ1n) is 6.31. The van der Waals surface area contributed by atoms with Crippen molar-refractivity contribution in [2.75, 3.05) is 0 Å². The van der Waals surface area contributed by atoms with Gasteiger partial charge in [-0.25, -0.2) is 4.39 Å². The van der Waals surface area contributed by atoms with Crippen LogP contribution in [-0.4, -0.2) is 5.91 Å². The lowest BCUT2D eigenvalue weighted by Crippen LogP contribution is -2.26. The third-order valence-electron chi connectivity index (χ3n) is 3.09. The molecule has 0 saturated carbocycles. The number of rotatable bonds is 4. The van der Waals surface area contributed by atoms with Crippen LogP contribution in [-0.2, 0) is 4.43 Å². The van der Waals surface area contributed by atoms with Gasteiger partial charge in [-0.05, 0) is 42.3 Å². The molecule has 0 aliphatic heterocycles. The molecule has 0 radical (unpaired) electrons. The molecule has 0 aliphatic rings. The van der Waals surface area contributed by atoms with Crippen molar-refractivity contribution in [3.63, 3.8) is 0 Å². The summed E-state index contributed by atoms with van der Waals surface area (Å²) in [5, 5.41) is 2.91. The van der Waals surface area contributed by atoms with Gasteiger partial charge in [0.2, 0.25) is 0 Å². The highest BCUT2D eigenvalue weighted by Gasteiger charge is 2.11. The van der Waals surface area contributed by atoms with Crippen molar-refractivity contribution in [2.45, 2.75) is 17.4 Å². The Hall–Kier alpha value is -1.43. The molecule has 2 nitrogen and oxygen atoms in total. The Morgan fingerprint density at radius 1 is 1.15 bits per heavy atom. The van der Waals surface area contributed by atoms with E-state index in [1.807, 2.05) is 31.2 Å². The van der Waals surface area contributed by atoms with E-state index in [1.54, 1.807) is 12.1 Å². The zero-order valence-electron chi connectivity index (χ0n) is 11.1. The van der Waals surface area contributed by atoms with E-state index in [4.69, 9.17) is 0 Å². The summed E-state index contributed by atoms with van der Waals surface area (Å²) in [6.45, 7) is 1.88. The minimum absolute atomic E-state index is 0.123. The van der Waals surface area contributed by atoms with Crippen molar-refractivity contribution < 1.29 is 9.18 Å². The minimum Gasteiger partial charge on any atom is -0.346 e. The molecule has 1 amide bonds. The Morgan fingerprint density at radius 2 is 1.75 bits per heavy atom. The lowest BCUT2D eigenvalue weighted by atomic mass is 10.1. The molecule has 0 saturated heterocycles. The van der Waals surface area contributed by atoms with Gasteiger partial charge < -0.3 is 5.32 Å². The number of alkyl halides is 1. The third-order valence-corrected chi connectivity index (χ3v) is 3.97. The van der Waals surface area contributed by atoms with Crippen LogP contribution < -0.4 is 5.32 Å². The molecule has 20 heavy (non-hydrogen) atoms. The summed E-state index contributed by atoms with van der Waals surface area (Å²) in [6, 6.07) is 13.5. The fourth-order valence-electron chi connectivity index (χ4n) is 1.86. The number of hydrogen-bond donors (Lipinski definition) is 1. The molecule has 0 spiro atoms. The van der Waals surface area contributed by atoms with E-state index in [1.165, 1.54) is 17.7 Å². The van der Waals surface area contributed by atoms with E-state index in [2.05, 4.69) is 27.9 Å². The number of carbonyl (C=O) groups is 1. The minimum atomic E-state index is -0.276. The fourth-order valence-corrected chi connectivity index (χ4v) is 2.37. The van der Waals surface area contributed by atoms with E-state index in [0.717, 1.165) is 9.99 Å². The van der Waals surface area contributed by atoms with Gasteiger partial charge in [0.15, 0.2) is 0 Å². The normalized spacial score (nSPS) is 11.9. The molecule has 1 atom stereocenters. The maximum absolute atomic E-state index is 12.9. The molecule has 0 bridgehead atoms. The van der Waals surface area contributed by atoms with E-state index in [9.17, 15) is 9.18 Å². The number of amides is 1. The SMILES string of the molecule is CC(NC(=O)c1ccc(CI)cc1)c1ccc(F)cc1. The van der Waals surface area contributed by atoms with Crippen LogP contribution >= 0.6 is 22.6 Å². The second-order valence-corrected chi connectivity index (χ2v) is 5.34. The van der Waals surface area contributed by atoms with Crippen LogP contribution in [0, 0.1) is 5.82 Å². The maximum atomic E-state index is 12.9. The standard InChI is InChI=1S/C16H15FINO/c1-11(13-6-8-15(17)9-7-13)19-16(20)14-4-2-12(10-18)3-5-14/h2-9,11H,10H2,1H3,(H,19,20). The van der Waals surface area contributed by atoms with E-state index in [-0.39, 0.29) is 17.8 Å². The summed E-state index contributed by atoms with van der Waals surface area (Å²) in [7, 11) is 0. The van der Waals surface area contributed by atoms with Gasteiger partial charge in [-0.15, -0.1) is 0 Å². The summed E-state index contributed by atoms with van der Waals surface area (Å²) in [6.07, 6.45) is 0. The average molecular weight is 383 g/mol. The summed E-state index contributed by atoms with van der Waals surface area (Å²) in [4.78, 5) is 12.1. The topological polar surface area (TPSA) is 29.1 Å². The molecule has 0 heterocycles. The Kier molecular flexibility index (Phi) is 5.11. The molecule has 104 valence electrons. The first kappa shape index (κ1) is 15.0. The zero-order chi connectivity index (χ0) is 14.5. The summed E-state index contributed by atoms with van der Waals surface area (Å²) in [5.74, 6) is -0.400. The van der Waals surface area contributed by atoms with Crippen LogP contribution in [0.5, 0.6) is 0 Å². The Balaban J connectivity index is 2.04. The number of nitrogens with one attached hydrogen (secondary N) is 1. The first-order chi connectivity index (χ1) is 9.60. The fraction of sp³-hybridized carbons (Fsp3) is 0.188. The zero-order valence-corrected chi connectivity index (χ0v) is 13.2. The largest absolute Gasteiger partial charge is 0.346 e. The van der Waals surface area contributed by atoms with Gasteiger partial charge in [0, 0.05) is 9.99 Å². The van der Waals surface area contributed by atoms with Crippen LogP contribution in [0.4, 0.5) is 4.39 Å². The van der Waals surface area contributed by atoms with Crippen LogP contribution in [0.3, 0.4) is 0 Å². The highest BCUT2D eigenvalue weighted by molar-refractivity contribution is 14.1. The monoisotopic (exact) mass is 383 g/mol. The number of hydrogen-bond acceptors (Lipinski definition) is 1. The Bertz CT molecular complexity index is 580. The van der Waals surface area contributed by atoms with Crippen molar-refractivity contribution in [2.24, 2.45) is 0 Å². The van der Waals surface area contributed by atoms with Crippen molar-refractivity contribution >= 4 is 28.5 Å². The lowest BCUT2D eigenvalue weighted by Gasteiger charge is -2.14. The molecule has 1 unspecified atom stereocenters. The Labute approximate surface area is 131 Å². The van der Waals surface area contributed by atoms with Crippen molar-refractivity contribution in [3.05, 3.63) is 71.0 Å². The van der Waals surface area contributed by atoms with Crippen LogP contribution in [0.15, 0.2) is 48.5 Å². The van der Waals surface area contributed by atoms with E-state index < -0.39 is 0 Å². The quantitative estimate of drug-likeness (QED) is 0.621. The predicted octanol–water partition coefficient (Wildman–Crippen LogP) is 4.25. The van der Waals surface area contributed by atoms with Gasteiger partial charge in [-0.2, -0.15) is 0 Å². The summed E-state index contributed by atoms with van der Waals surface area (Å²) in [5.41, 5.74) is 2.70. The molecule has 2 rings (SSSR count). The molecular formula is C16H15FINO. The van der Waals surface area contributed by atoms with E-state index in [0.29, 0.717) is 5.56 Å². The molecule has 0 aromatic heterocycles. The summed E-state index contributed by atoms with van der Waals surface area (Å²) < 4.78 is 13.8. The molecule has 4 heteroatoms. The average Bonchev–Trinajstić information content (AvgIpc) is 2.48. The molecule has 1 N–H and O–H groups in total. The predicted molar refractivity (Wildman–Crippen MR) is 86.4 cm³/mol. The van der Waals surface area contributed by atoms with Crippen LogP contribution in [0.25, 0.3) is 0 Å². The molecule has 2 aromatic rings. The van der Waals surface area contributed by atoms with Crippen LogP contribution in [0.2, 0.25) is 0 Å². The molecule has 0 aliphatic carbocycles. The highest BCUT2D eigenvalue weighted by atomic mass is 127. The Morgan fingerprint density at radius 3 is 2.30 bits per heavy atom. The van der Waals surface area contributed by atoms with Crippen LogP contribution in [0.1, 0.15) is 34.5 Å². The van der Waals surface area contributed by atoms with Crippen molar-refractivity contribution in [1.82, 2.24) is 5.32 Å². The van der Waals surface area contributed by atoms with Gasteiger partial charge in [0.05, 0.1) is 6.04 Å². The van der Waals surface area contributed by atoms with Gasteiger partial charge in [-0.3, -0.25) is 4.79 Å². The van der Waals surface area contributed by atoms with Gasteiger partial charge in [0.1, 0.15) is 5.82 Å². The van der Waals surface area contributed by atoms with E-state index >= 15 is 0 Å². The first-order valence-corrected chi connectivity index (χ1v) is 7.84. The third kappa shape index (κ3) is 3.79. The second-order valence-electron chi connectivity index (χ2n) is 4.58. The second kappa shape index (κ2) is 6.83. The van der Waals surface area contributed by atoms with Gasteiger partial charge in [-0.1, -0.05) is 46.9 Å². The highest BCUT2D eigenvalue weighted by Crippen LogP contribution is 2.14. The summed E-state index contributed by atoms with van der Waals surface area (Å²) >= 11 is 2.28. The maximum Gasteiger partial charge on any atom is 0.251 e. The smallest absolute Gasteiger partial charge is 0.251 e. The number of carbonyl (C=O) groups excluding carboxylic acids is 1. The molecular weight excluding hydrogens is 368 g/mol. The van der Waals surface area contributed by atoms with Gasteiger partial charge in [0.25, 0.3) is 5.91 Å². The van der Waals surface area contributed by atoms with Crippen molar-refractivity contribution in [3.8, 4) is 0 Å². The van der Waals surface area contributed by atoms with Gasteiger partial charge >= 0.3 is 0 Å². The number of halogens is 2.